The van der Waals surface area contributed by atoms with Crippen LogP contribution in [0, 0.1) is 11.8 Å². The van der Waals surface area contributed by atoms with Crippen LogP contribution in [0.15, 0.2) is 0 Å². The highest BCUT2D eigenvalue weighted by Crippen LogP contribution is 2.34. The van der Waals surface area contributed by atoms with Gasteiger partial charge in [-0.1, -0.05) is 20.8 Å². The number of hydrogen-bond acceptors (Lipinski definition) is 11. The van der Waals surface area contributed by atoms with Crippen molar-refractivity contribution >= 4 is 11.9 Å². The number of esters is 2. The summed E-state index contributed by atoms with van der Waals surface area (Å²) in [5, 5.41) is 44.7. The first-order chi connectivity index (χ1) is 13.9. The molecule has 6 unspecified atom stereocenters. The van der Waals surface area contributed by atoms with E-state index in [1.807, 2.05) is 13.8 Å². The van der Waals surface area contributed by atoms with Gasteiger partial charge in [-0.15, -0.1) is 0 Å². The van der Waals surface area contributed by atoms with Crippen molar-refractivity contribution in [3.8, 4) is 0 Å². The van der Waals surface area contributed by atoms with Crippen LogP contribution < -0.4 is 0 Å². The molecule has 0 aliphatic carbocycles. The van der Waals surface area contributed by atoms with Gasteiger partial charge in [0.05, 0.1) is 12.7 Å². The van der Waals surface area contributed by atoms with Crippen LogP contribution in [0.25, 0.3) is 0 Å². The molecule has 11 heteroatoms. The first-order valence-electron chi connectivity index (χ1n) is 9.92. The van der Waals surface area contributed by atoms with Crippen molar-refractivity contribution in [1.82, 2.24) is 0 Å². The Morgan fingerprint density at radius 3 is 1.87 bits per heavy atom. The van der Waals surface area contributed by atoms with Crippen molar-refractivity contribution in [2.45, 2.75) is 90.2 Å². The van der Waals surface area contributed by atoms with E-state index in [1.165, 1.54) is 13.8 Å². The maximum atomic E-state index is 11.1. The lowest BCUT2D eigenvalue weighted by molar-refractivity contribution is -0.286. The average Bonchev–Trinajstić information content (AvgIpc) is 2.68. The highest BCUT2D eigenvalue weighted by molar-refractivity contribution is 5.67. The van der Waals surface area contributed by atoms with Crippen molar-refractivity contribution in [3.05, 3.63) is 0 Å². The molecular weight excluding hydrogens is 404 g/mol. The van der Waals surface area contributed by atoms with Crippen molar-refractivity contribution < 1.29 is 54.1 Å². The second-order valence-electron chi connectivity index (χ2n) is 7.57. The Bertz CT molecular complexity index is 552. The van der Waals surface area contributed by atoms with Gasteiger partial charge < -0.3 is 44.5 Å². The van der Waals surface area contributed by atoms with Crippen LogP contribution in [0.4, 0.5) is 0 Å². The van der Waals surface area contributed by atoms with Crippen molar-refractivity contribution in [2.75, 3.05) is 6.61 Å². The van der Waals surface area contributed by atoms with Crippen LogP contribution >= 0.6 is 0 Å². The van der Waals surface area contributed by atoms with Crippen molar-refractivity contribution in [2.24, 2.45) is 11.8 Å². The molecule has 0 aromatic carbocycles. The topological polar surface area (TPSA) is 172 Å². The van der Waals surface area contributed by atoms with E-state index in [9.17, 15) is 9.59 Å². The molecule has 0 radical (unpaired) electrons. The Kier molecular flexibility index (Phi) is 10.6. The van der Waals surface area contributed by atoms with Gasteiger partial charge >= 0.3 is 11.9 Å². The zero-order valence-electron chi connectivity index (χ0n) is 17.9. The number of hydrogen-bond donors (Lipinski definition) is 5. The van der Waals surface area contributed by atoms with Gasteiger partial charge in [0, 0.05) is 19.8 Å². The van der Waals surface area contributed by atoms with Crippen LogP contribution in [0.2, 0.25) is 0 Å². The Hall–Kier alpha value is -1.34. The van der Waals surface area contributed by atoms with Gasteiger partial charge in [0.1, 0.15) is 24.4 Å². The maximum Gasteiger partial charge on any atom is 0.305 e. The minimum Gasteiger partial charge on any atom is -0.456 e. The van der Waals surface area contributed by atoms with Gasteiger partial charge in [0.2, 0.25) is 6.29 Å². The fourth-order valence-corrected chi connectivity index (χ4v) is 3.42. The summed E-state index contributed by atoms with van der Waals surface area (Å²) in [6, 6.07) is 0. The number of aliphatic hydroxyl groups excluding tert-OH is 5. The molecule has 11 nitrogen and oxygen atoms in total. The van der Waals surface area contributed by atoms with Crippen LogP contribution in [-0.2, 0) is 28.5 Å². The fraction of sp³-hybridized carbons (Fsp3) is 0.895. The molecule has 2 aliphatic heterocycles. The Labute approximate surface area is 175 Å². The number of carbonyl (C=O) groups excluding carboxylic acids is 2. The third kappa shape index (κ3) is 6.84. The van der Waals surface area contributed by atoms with E-state index in [2.05, 4.69) is 11.7 Å². The summed E-state index contributed by atoms with van der Waals surface area (Å²) >= 11 is 0. The van der Waals surface area contributed by atoms with Crippen molar-refractivity contribution in [1.29, 1.82) is 0 Å². The zero-order valence-corrected chi connectivity index (χ0v) is 17.9. The summed E-state index contributed by atoms with van der Waals surface area (Å²) in [5.74, 6) is -0.508. The lowest BCUT2D eigenvalue weighted by Gasteiger charge is -2.43. The largest absolute Gasteiger partial charge is 0.456 e. The first-order valence-corrected chi connectivity index (χ1v) is 9.92. The first kappa shape index (κ1) is 26.7. The van der Waals surface area contributed by atoms with Gasteiger partial charge in [-0.2, -0.15) is 0 Å². The van der Waals surface area contributed by atoms with Crippen LogP contribution in [-0.4, -0.2) is 93.3 Å². The number of carbonyl (C=O) groups is 2. The van der Waals surface area contributed by atoms with Gasteiger partial charge in [-0.25, -0.2) is 0 Å². The molecule has 0 bridgehead atoms. The normalized spacial score (nSPS) is 41.3. The molecule has 0 saturated carbocycles. The summed E-state index contributed by atoms with van der Waals surface area (Å²) in [4.78, 5) is 22.2. The molecule has 5 N–H and O–H groups in total. The number of aliphatic hydroxyl groups is 5. The highest BCUT2D eigenvalue weighted by Gasteiger charge is 2.44. The zero-order chi connectivity index (χ0) is 23.2. The molecule has 0 spiro atoms. The molecule has 2 heterocycles. The number of rotatable bonds is 4. The van der Waals surface area contributed by atoms with Gasteiger partial charge in [-0.3, -0.25) is 9.59 Å². The predicted octanol–water partition coefficient (Wildman–Crippen LogP) is -1.33. The molecule has 2 aliphatic rings. The van der Waals surface area contributed by atoms with E-state index in [1.54, 1.807) is 0 Å². The average molecular weight is 438 g/mol. The Morgan fingerprint density at radius 1 is 0.833 bits per heavy atom. The summed E-state index contributed by atoms with van der Waals surface area (Å²) in [6.07, 6.45) is -7.54. The predicted molar refractivity (Wildman–Crippen MR) is 101 cm³/mol. The molecule has 2 fully saturated rings. The highest BCUT2D eigenvalue weighted by atomic mass is 16.7. The van der Waals surface area contributed by atoms with Crippen LogP contribution in [0.1, 0.15) is 41.0 Å². The molecule has 0 amide bonds. The molecule has 2 saturated heterocycles. The third-order valence-corrected chi connectivity index (χ3v) is 5.36. The quantitative estimate of drug-likeness (QED) is 0.329. The van der Waals surface area contributed by atoms with E-state index in [4.69, 9.17) is 39.7 Å². The fourth-order valence-electron chi connectivity index (χ4n) is 3.42. The Balaban J connectivity index is 0.000000325. The van der Waals surface area contributed by atoms with Gasteiger partial charge in [0.25, 0.3) is 0 Å². The van der Waals surface area contributed by atoms with E-state index in [0.29, 0.717) is 0 Å². The second-order valence-corrected chi connectivity index (χ2v) is 7.57. The minimum absolute atomic E-state index is 0.0103. The van der Waals surface area contributed by atoms with E-state index >= 15 is 0 Å². The van der Waals surface area contributed by atoms with Crippen LogP contribution in [0.3, 0.4) is 0 Å². The molecule has 0 aromatic heterocycles. The van der Waals surface area contributed by atoms with E-state index in [-0.39, 0.29) is 17.9 Å². The lowest BCUT2D eigenvalue weighted by Crippen LogP contribution is -2.58. The molecule has 10 atom stereocenters. The molecular formula is C19H34O11. The third-order valence-electron chi connectivity index (χ3n) is 5.36. The van der Waals surface area contributed by atoms with E-state index in [0.717, 1.165) is 6.42 Å². The lowest BCUT2D eigenvalue weighted by atomic mass is 9.82. The summed E-state index contributed by atoms with van der Waals surface area (Å²) in [5.41, 5.74) is 0. The maximum absolute atomic E-state index is 11.1. The smallest absolute Gasteiger partial charge is 0.305 e. The minimum atomic E-state index is -1.57. The summed E-state index contributed by atoms with van der Waals surface area (Å²) < 4.78 is 20.7. The van der Waals surface area contributed by atoms with Gasteiger partial charge in [0.15, 0.2) is 12.4 Å². The van der Waals surface area contributed by atoms with Crippen LogP contribution in [0.5, 0.6) is 0 Å². The molecule has 30 heavy (non-hydrogen) atoms. The molecule has 2 rings (SSSR count). The van der Waals surface area contributed by atoms with Gasteiger partial charge in [-0.05, 0) is 12.3 Å². The summed E-state index contributed by atoms with van der Waals surface area (Å²) in [6.45, 7) is 8.19. The standard InChI is InChI=1S/C13H22O5.C6H12O6/c1-6-11-7(2)8(3)12(16-9(4)14)13(18-11)17-10(5)15;7-1-2-3(8)4(9)5(10)6(11)12-2/h7-8,11-13H,6H2,1-5H3;2-11H,1H2/t7-,8-,11?,12?,13?;2?,3-,4+,5?,6?/m01/s1. The van der Waals surface area contributed by atoms with E-state index < -0.39 is 61.6 Å². The van der Waals surface area contributed by atoms with Crippen molar-refractivity contribution in [3.63, 3.8) is 0 Å². The number of ether oxygens (including phenoxy) is 4. The summed E-state index contributed by atoms with van der Waals surface area (Å²) in [7, 11) is 0. The molecule has 0 aromatic rings. The molecule has 176 valence electrons. The SMILES string of the molecule is CCC1OC(OC(C)=O)C(OC(C)=O)[C@@H](C)[C@@H]1C.OCC1OC(O)C(O)[C@@H](O)[C@@H]1O. The second kappa shape index (κ2) is 11.9. The Morgan fingerprint density at radius 2 is 1.40 bits per heavy atom. The monoisotopic (exact) mass is 438 g/mol.